The van der Waals surface area contributed by atoms with Crippen molar-refractivity contribution in [2.45, 2.75) is 185 Å². The van der Waals surface area contributed by atoms with E-state index >= 15 is 4.39 Å². The summed E-state index contributed by atoms with van der Waals surface area (Å²) in [5, 5.41) is 23.0. The van der Waals surface area contributed by atoms with Gasteiger partial charge >= 0.3 is 17.9 Å². The van der Waals surface area contributed by atoms with E-state index in [0.717, 1.165) is 18.4 Å². The lowest BCUT2D eigenvalue weighted by molar-refractivity contribution is -0.253. The quantitative estimate of drug-likeness (QED) is 0.131. The zero-order chi connectivity index (χ0) is 52.4. The first kappa shape index (κ1) is 53.0. The van der Waals surface area contributed by atoms with Crippen LogP contribution in [0, 0.1) is 57.2 Å². The van der Waals surface area contributed by atoms with Crippen molar-refractivity contribution in [1.82, 2.24) is 0 Å². The number of carbonyl (C=O) groups excluding carboxylic acids is 7. The molecule has 1 heterocycles. The lowest BCUT2D eigenvalue weighted by Gasteiger charge is -2.62. The summed E-state index contributed by atoms with van der Waals surface area (Å²) in [4.78, 5) is 88.1. The number of aliphatic hydroxyl groups is 2. The van der Waals surface area contributed by atoms with Gasteiger partial charge in [-0.05, 0) is 107 Å². The molecule has 0 aromatic heterocycles. The number of alkyl halides is 2. The van der Waals surface area contributed by atoms with Gasteiger partial charge in [0.25, 0.3) is 0 Å². The SMILES string of the molecule is CC(=O)OCC(=O)[C@@]12OC3(CCCC3)O[C@@H]1C[C@H]1[C@@H]3CCC4=CC(=O)C=C[C@]4(C)[C@@]3(F)[C@@H](O)C[C@@]12C.CCC(=O)OCC(=O)[C@@]1(OC(=O)CC)[C@H](C)C[C@H]2[C@H]3[C@H]([C@@H](O)C[C@@]21C)[C@@]1(C)C=CC(=O)C=C1C[C@H]3Cl. The standard InChI is InChI=1S/C28H37ClO7.C28H35FO7/c1-6-22(33)35-14-21(32)28(36-23(34)7-2)15(3)10-18-24-19(29)12-16-11-17(30)8-9-26(16,4)25(24)20(31)13-27(18,28)5;1-16(30)34-15-22(33)28-23(35-26(36-28)9-4-5-10-26)13-20-19-7-6-17-12-18(31)8-11-24(17,2)27(19,29)21(32)14-25(20,28)3/h8-9,11,15,18-20,24-25,31H,6-7,10,12-14H2,1-5H3;8,11-12,19-21,23,32H,4-7,9-10,13-15H2,1-3H3/t15-,18+,19-,20+,24-,25+,26+,27+,28+;19-,20-,21-,23+,24-,25-,27-,28+/m10/s1. The molecule has 2 N–H and O–H groups in total. The summed E-state index contributed by atoms with van der Waals surface area (Å²) >= 11 is 7.04. The molecule has 16 heteroatoms. The molecule has 0 aromatic rings. The molecule has 0 amide bonds. The van der Waals surface area contributed by atoms with Crippen LogP contribution in [-0.2, 0) is 57.2 Å². The molecular weight excluding hydrogens is 951 g/mol. The molecule has 0 aromatic carbocycles. The average Bonchev–Trinajstić information content (AvgIpc) is 4.04. The van der Waals surface area contributed by atoms with E-state index in [1.807, 2.05) is 33.8 Å². The molecule has 9 aliphatic carbocycles. The minimum atomic E-state index is -2.00. The van der Waals surface area contributed by atoms with Crippen molar-refractivity contribution in [2.75, 3.05) is 13.2 Å². The number of allylic oxidation sites excluding steroid dienone is 8. The number of halogens is 2. The highest BCUT2D eigenvalue weighted by Gasteiger charge is 2.81. The largest absolute Gasteiger partial charge is 0.458 e. The normalized spacial score (nSPS) is 45.6. The molecule has 14 nitrogen and oxygen atoms in total. The van der Waals surface area contributed by atoms with Gasteiger partial charge in [-0.25, -0.2) is 4.39 Å². The van der Waals surface area contributed by atoms with E-state index in [4.69, 9.17) is 35.3 Å². The van der Waals surface area contributed by atoms with Gasteiger partial charge in [-0.1, -0.05) is 64.8 Å². The van der Waals surface area contributed by atoms with Crippen LogP contribution in [0.25, 0.3) is 0 Å². The van der Waals surface area contributed by atoms with Crippen LogP contribution in [0.4, 0.5) is 4.39 Å². The maximum Gasteiger partial charge on any atom is 0.306 e. The monoisotopic (exact) mass is 1020 g/mol. The summed E-state index contributed by atoms with van der Waals surface area (Å²) in [6.45, 7) is 13.2. The van der Waals surface area contributed by atoms with Crippen molar-refractivity contribution >= 4 is 52.6 Å². The van der Waals surface area contributed by atoms with Gasteiger partial charge in [-0.15, -0.1) is 11.6 Å². The number of ketones is 4. The number of rotatable bonds is 9. The molecule has 0 unspecified atom stereocenters. The molecule has 17 atom stereocenters. The molecule has 1 saturated heterocycles. The highest BCUT2D eigenvalue weighted by atomic mass is 35.5. The second-order valence-corrected chi connectivity index (χ2v) is 24.3. The Bertz CT molecular complexity index is 2460. The van der Waals surface area contributed by atoms with Crippen LogP contribution in [0.1, 0.15) is 139 Å². The highest BCUT2D eigenvalue weighted by Crippen LogP contribution is 2.74. The summed E-state index contributed by atoms with van der Waals surface area (Å²) < 4.78 is 47.1. The number of ether oxygens (including phenoxy) is 5. The van der Waals surface area contributed by atoms with E-state index in [1.54, 1.807) is 39.0 Å². The first-order valence-corrected chi connectivity index (χ1v) is 26.7. The van der Waals surface area contributed by atoms with Gasteiger partial charge in [-0.2, -0.15) is 0 Å². The van der Waals surface area contributed by atoms with Crippen LogP contribution >= 0.6 is 11.6 Å². The molecular formula is C56H72ClFO14. The summed E-state index contributed by atoms with van der Waals surface area (Å²) in [6, 6.07) is 0. The van der Waals surface area contributed by atoms with E-state index in [0.29, 0.717) is 50.5 Å². The van der Waals surface area contributed by atoms with E-state index in [1.165, 1.54) is 19.1 Å². The predicted octanol–water partition coefficient (Wildman–Crippen LogP) is 7.47. The summed E-state index contributed by atoms with van der Waals surface area (Å²) in [7, 11) is 0. The number of aliphatic hydroxyl groups excluding tert-OH is 2. The third-order valence-corrected chi connectivity index (χ3v) is 20.8. The lowest BCUT2D eigenvalue weighted by atomic mass is 9.44. The Balaban J connectivity index is 0.000000178. The van der Waals surface area contributed by atoms with E-state index in [2.05, 4.69) is 0 Å². The van der Waals surface area contributed by atoms with Crippen molar-refractivity contribution in [3.8, 4) is 0 Å². The third-order valence-electron chi connectivity index (χ3n) is 20.3. The number of esters is 3. The maximum absolute atomic E-state index is 17.4. The Morgan fingerprint density at radius 1 is 0.819 bits per heavy atom. The van der Waals surface area contributed by atoms with E-state index in [9.17, 15) is 43.8 Å². The molecule has 1 aliphatic heterocycles. The number of hydrogen-bond donors (Lipinski definition) is 2. The van der Waals surface area contributed by atoms with Gasteiger partial charge in [0.05, 0.1) is 18.3 Å². The number of hydrogen-bond acceptors (Lipinski definition) is 14. The van der Waals surface area contributed by atoms with Crippen molar-refractivity contribution in [3.05, 3.63) is 47.6 Å². The van der Waals surface area contributed by atoms with Gasteiger partial charge in [0.15, 0.2) is 47.4 Å². The molecule has 394 valence electrons. The second-order valence-electron chi connectivity index (χ2n) is 23.7. The molecule has 8 fully saturated rings. The fourth-order valence-corrected chi connectivity index (χ4v) is 17.6. The Labute approximate surface area is 426 Å². The zero-order valence-electron chi connectivity index (χ0n) is 42.9. The van der Waals surface area contributed by atoms with Crippen LogP contribution < -0.4 is 0 Å². The van der Waals surface area contributed by atoms with Crippen LogP contribution in [0.3, 0.4) is 0 Å². The van der Waals surface area contributed by atoms with Gasteiger partial charge in [0, 0.05) is 77.4 Å². The molecule has 0 radical (unpaired) electrons. The van der Waals surface area contributed by atoms with Gasteiger partial charge in [0.1, 0.15) is 0 Å². The third kappa shape index (κ3) is 7.36. The minimum absolute atomic E-state index is 0.0110. The van der Waals surface area contributed by atoms with Crippen LogP contribution in [-0.4, -0.2) is 111 Å². The van der Waals surface area contributed by atoms with Crippen molar-refractivity contribution < 1.29 is 71.8 Å². The van der Waals surface area contributed by atoms with Crippen LogP contribution in [0.5, 0.6) is 0 Å². The summed E-state index contributed by atoms with van der Waals surface area (Å²) in [6.07, 6.45) is 13.0. The van der Waals surface area contributed by atoms with E-state index < -0.39 is 105 Å². The Hall–Kier alpha value is -3.89. The molecule has 7 saturated carbocycles. The topological polar surface area (TPSA) is 206 Å². The number of Topliss-reactive ketones (excluding diaryl/α,β-unsaturated/α-hetero) is 2. The predicted molar refractivity (Wildman–Crippen MR) is 258 cm³/mol. The molecule has 1 spiro atoms. The summed E-state index contributed by atoms with van der Waals surface area (Å²) in [5.74, 6) is -5.24. The van der Waals surface area contributed by atoms with Gasteiger partial charge in [0.2, 0.25) is 11.6 Å². The Morgan fingerprint density at radius 2 is 1.46 bits per heavy atom. The first-order chi connectivity index (χ1) is 33.8. The smallest absolute Gasteiger partial charge is 0.306 e. The molecule has 72 heavy (non-hydrogen) atoms. The molecule has 0 bridgehead atoms. The van der Waals surface area contributed by atoms with E-state index in [-0.39, 0.29) is 78.0 Å². The second kappa shape index (κ2) is 18.2. The molecule has 10 aliphatic rings. The van der Waals surface area contributed by atoms with Crippen molar-refractivity contribution in [1.29, 1.82) is 0 Å². The number of fused-ring (bicyclic) bond motifs is 12. The zero-order valence-corrected chi connectivity index (χ0v) is 43.6. The fraction of sp³-hybridized carbons (Fsp3) is 0.732. The summed E-state index contributed by atoms with van der Waals surface area (Å²) in [5.41, 5.74) is -6.78. The lowest BCUT2D eigenvalue weighted by Crippen LogP contribution is -2.70. The number of carbonyl (C=O) groups is 7. The fourth-order valence-electron chi connectivity index (χ4n) is 17.1. The van der Waals surface area contributed by atoms with Crippen LogP contribution in [0.2, 0.25) is 0 Å². The van der Waals surface area contributed by atoms with Gasteiger partial charge in [-0.3, -0.25) is 33.6 Å². The van der Waals surface area contributed by atoms with Crippen molar-refractivity contribution in [2.24, 2.45) is 57.2 Å². The maximum atomic E-state index is 17.4. The van der Waals surface area contributed by atoms with Gasteiger partial charge < -0.3 is 33.9 Å². The minimum Gasteiger partial charge on any atom is -0.458 e. The Kier molecular flexibility index (Phi) is 13.4. The first-order valence-electron chi connectivity index (χ1n) is 26.3. The van der Waals surface area contributed by atoms with Crippen molar-refractivity contribution in [3.63, 3.8) is 0 Å². The highest BCUT2D eigenvalue weighted by molar-refractivity contribution is 6.21. The molecule has 10 rings (SSSR count). The average molecular weight is 1020 g/mol. The van der Waals surface area contributed by atoms with Crippen LogP contribution in [0.15, 0.2) is 47.6 Å². The Morgan fingerprint density at radius 3 is 2.11 bits per heavy atom.